The van der Waals surface area contributed by atoms with Crippen molar-refractivity contribution in [3.05, 3.63) is 56.5 Å². The summed E-state index contributed by atoms with van der Waals surface area (Å²) in [5.74, 6) is 0.886. The van der Waals surface area contributed by atoms with Crippen molar-refractivity contribution in [1.29, 1.82) is 0 Å². The number of methoxy groups -OCH3 is 1. The molecule has 2 aromatic heterocycles. The number of benzene rings is 1. The zero-order valence-electron chi connectivity index (χ0n) is 15.1. The summed E-state index contributed by atoms with van der Waals surface area (Å²) in [5, 5.41) is 24.5. The first-order chi connectivity index (χ1) is 13.5. The van der Waals surface area contributed by atoms with Crippen LogP contribution in [0, 0.1) is 10.1 Å². The minimum absolute atomic E-state index is 0.110. The van der Waals surface area contributed by atoms with Gasteiger partial charge < -0.3 is 14.6 Å². The third kappa shape index (κ3) is 4.67. The molecule has 0 bridgehead atoms. The Kier molecular flexibility index (Phi) is 6.26. The summed E-state index contributed by atoms with van der Waals surface area (Å²) < 4.78 is 6.99. The molecule has 0 radical (unpaired) electrons. The van der Waals surface area contributed by atoms with E-state index in [1.807, 2.05) is 29.1 Å². The normalized spacial score (nSPS) is 10.6. The van der Waals surface area contributed by atoms with Crippen molar-refractivity contribution >= 4 is 40.4 Å². The van der Waals surface area contributed by atoms with Gasteiger partial charge in [-0.2, -0.15) is 0 Å². The van der Waals surface area contributed by atoms with Gasteiger partial charge in [-0.25, -0.2) is 0 Å². The lowest BCUT2D eigenvalue weighted by Crippen LogP contribution is -2.15. The monoisotopic (exact) mass is 419 g/mol. The van der Waals surface area contributed by atoms with Gasteiger partial charge in [-0.3, -0.25) is 14.9 Å². The van der Waals surface area contributed by atoms with Crippen LogP contribution in [-0.2, 0) is 18.3 Å². The van der Waals surface area contributed by atoms with Gasteiger partial charge in [0.2, 0.25) is 5.91 Å². The van der Waals surface area contributed by atoms with Crippen LogP contribution in [0.1, 0.15) is 10.7 Å². The largest absolute Gasteiger partial charge is 0.494 e. The van der Waals surface area contributed by atoms with Crippen molar-refractivity contribution in [2.24, 2.45) is 7.05 Å². The van der Waals surface area contributed by atoms with Crippen molar-refractivity contribution in [1.82, 2.24) is 14.8 Å². The Labute approximate surface area is 168 Å². The van der Waals surface area contributed by atoms with Crippen LogP contribution in [0.15, 0.2) is 40.9 Å². The number of ether oxygens (including phenoxy) is 1. The highest BCUT2D eigenvalue weighted by Gasteiger charge is 2.15. The summed E-state index contributed by atoms with van der Waals surface area (Å²) in [6.45, 7) is 0. The van der Waals surface area contributed by atoms with Gasteiger partial charge in [-0.05, 0) is 17.5 Å². The predicted octanol–water partition coefficient (Wildman–Crippen LogP) is 3.12. The molecular weight excluding hydrogens is 402 g/mol. The number of hydrogen-bond acceptors (Lipinski definition) is 8. The van der Waals surface area contributed by atoms with Gasteiger partial charge in [0.1, 0.15) is 11.6 Å². The maximum atomic E-state index is 12.3. The van der Waals surface area contributed by atoms with Gasteiger partial charge in [0.05, 0.1) is 29.5 Å². The number of carbonyl (C=O) groups is 1. The molecule has 0 aliphatic heterocycles. The Morgan fingerprint density at radius 1 is 1.39 bits per heavy atom. The number of thioether (sulfide) groups is 1. The van der Waals surface area contributed by atoms with Crippen molar-refractivity contribution in [3.63, 3.8) is 0 Å². The molecular formula is C17H17N5O4S2. The molecule has 3 aromatic rings. The third-order valence-electron chi connectivity index (χ3n) is 3.84. The number of nitro benzene ring substituents is 1. The van der Waals surface area contributed by atoms with E-state index < -0.39 is 4.92 Å². The molecule has 0 atom stereocenters. The van der Waals surface area contributed by atoms with Gasteiger partial charge in [-0.15, -0.1) is 21.5 Å². The lowest BCUT2D eigenvalue weighted by atomic mass is 10.2. The minimum Gasteiger partial charge on any atom is -0.494 e. The first-order valence-electron chi connectivity index (χ1n) is 8.13. The lowest BCUT2D eigenvalue weighted by Gasteiger charge is -2.09. The van der Waals surface area contributed by atoms with Gasteiger partial charge in [0.15, 0.2) is 5.16 Å². The van der Waals surface area contributed by atoms with Crippen LogP contribution in [-0.4, -0.2) is 38.5 Å². The van der Waals surface area contributed by atoms with E-state index in [0.717, 1.165) is 5.82 Å². The second-order valence-corrected chi connectivity index (χ2v) is 7.67. The maximum absolute atomic E-state index is 12.3. The number of aromatic nitrogens is 3. The van der Waals surface area contributed by atoms with Crippen molar-refractivity contribution < 1.29 is 14.5 Å². The molecule has 3 rings (SSSR count). The van der Waals surface area contributed by atoms with E-state index in [4.69, 9.17) is 4.74 Å². The van der Waals surface area contributed by atoms with Crippen LogP contribution in [0.3, 0.4) is 0 Å². The molecule has 0 unspecified atom stereocenters. The number of amides is 1. The number of non-ortho nitro benzene ring substituents is 1. The average molecular weight is 419 g/mol. The molecule has 146 valence electrons. The van der Waals surface area contributed by atoms with Crippen LogP contribution in [0.4, 0.5) is 11.4 Å². The average Bonchev–Trinajstić information content (AvgIpc) is 3.31. The molecule has 1 N–H and O–H groups in total. The van der Waals surface area contributed by atoms with E-state index in [-0.39, 0.29) is 23.1 Å². The number of thiophene rings is 1. The molecule has 0 fully saturated rings. The lowest BCUT2D eigenvalue weighted by molar-refractivity contribution is -0.384. The molecule has 9 nitrogen and oxygen atoms in total. The van der Waals surface area contributed by atoms with Crippen LogP contribution in [0.2, 0.25) is 0 Å². The van der Waals surface area contributed by atoms with Crippen LogP contribution < -0.4 is 10.1 Å². The number of anilines is 1. The minimum atomic E-state index is -0.522. The van der Waals surface area contributed by atoms with Crippen LogP contribution in [0.5, 0.6) is 5.75 Å². The van der Waals surface area contributed by atoms with Gasteiger partial charge in [0, 0.05) is 24.4 Å². The standard InChI is InChI=1S/C17H17N5O4S2/c1-21-15(9-12-4-3-7-27-12)19-20-17(21)28-10-16(23)18-13-6-5-11(22(24)25)8-14(13)26-2/h3-8H,9-10H2,1-2H3,(H,18,23). The second kappa shape index (κ2) is 8.85. The molecule has 0 aliphatic carbocycles. The SMILES string of the molecule is COc1cc([N+](=O)[O-])ccc1NC(=O)CSc1nnc(Cc2cccs2)n1C. The third-order valence-corrected chi connectivity index (χ3v) is 5.74. The molecule has 0 saturated carbocycles. The van der Waals surface area contributed by atoms with Crippen molar-refractivity contribution in [2.75, 3.05) is 18.2 Å². The Bertz CT molecular complexity index is 988. The highest BCUT2D eigenvalue weighted by Crippen LogP contribution is 2.29. The zero-order chi connectivity index (χ0) is 20.1. The fraction of sp³-hybridized carbons (Fsp3) is 0.235. The molecule has 0 spiro atoms. The second-order valence-electron chi connectivity index (χ2n) is 5.69. The number of carbonyl (C=O) groups excluding carboxylic acids is 1. The predicted molar refractivity (Wildman–Crippen MR) is 107 cm³/mol. The first-order valence-corrected chi connectivity index (χ1v) is 10.00. The van der Waals surface area contributed by atoms with Crippen molar-refractivity contribution in [3.8, 4) is 5.75 Å². The molecule has 1 amide bonds. The van der Waals surface area contributed by atoms with E-state index in [1.54, 1.807) is 11.3 Å². The van der Waals surface area contributed by atoms with E-state index in [0.29, 0.717) is 17.3 Å². The summed E-state index contributed by atoms with van der Waals surface area (Å²) in [7, 11) is 3.25. The molecule has 0 aliphatic rings. The summed E-state index contributed by atoms with van der Waals surface area (Å²) in [5.41, 5.74) is 0.261. The Hall–Kier alpha value is -2.92. The fourth-order valence-electron chi connectivity index (χ4n) is 2.41. The van der Waals surface area contributed by atoms with E-state index in [9.17, 15) is 14.9 Å². The highest BCUT2D eigenvalue weighted by atomic mass is 32.2. The zero-order valence-corrected chi connectivity index (χ0v) is 16.7. The Morgan fingerprint density at radius 3 is 2.89 bits per heavy atom. The first kappa shape index (κ1) is 19.8. The van der Waals surface area contributed by atoms with Gasteiger partial charge in [0.25, 0.3) is 5.69 Å². The van der Waals surface area contributed by atoms with Crippen LogP contribution >= 0.6 is 23.1 Å². The van der Waals surface area contributed by atoms with E-state index >= 15 is 0 Å². The van der Waals surface area contributed by atoms with Gasteiger partial charge >= 0.3 is 0 Å². The Morgan fingerprint density at radius 2 is 2.21 bits per heavy atom. The molecule has 2 heterocycles. The summed E-state index contributed by atoms with van der Waals surface area (Å²) in [4.78, 5) is 23.8. The summed E-state index contributed by atoms with van der Waals surface area (Å²) in [6, 6.07) is 8.05. The number of nitrogens with zero attached hydrogens (tertiary/aromatic N) is 4. The molecule has 11 heteroatoms. The molecule has 0 saturated heterocycles. The highest BCUT2D eigenvalue weighted by molar-refractivity contribution is 7.99. The quantitative estimate of drug-likeness (QED) is 0.339. The van der Waals surface area contributed by atoms with Crippen LogP contribution in [0.25, 0.3) is 0 Å². The van der Waals surface area contributed by atoms with E-state index in [1.165, 1.54) is 41.9 Å². The fourth-order valence-corrected chi connectivity index (χ4v) is 3.84. The van der Waals surface area contributed by atoms with Gasteiger partial charge in [-0.1, -0.05) is 17.8 Å². The summed E-state index contributed by atoms with van der Waals surface area (Å²) in [6.07, 6.45) is 0.688. The Balaban J connectivity index is 1.60. The molecule has 1 aromatic carbocycles. The van der Waals surface area contributed by atoms with E-state index in [2.05, 4.69) is 15.5 Å². The smallest absolute Gasteiger partial charge is 0.273 e. The number of rotatable bonds is 8. The number of hydrogen-bond donors (Lipinski definition) is 1. The molecule has 28 heavy (non-hydrogen) atoms. The number of nitro groups is 1. The summed E-state index contributed by atoms with van der Waals surface area (Å²) >= 11 is 2.92. The van der Waals surface area contributed by atoms with Crippen molar-refractivity contribution in [2.45, 2.75) is 11.6 Å². The topological polar surface area (TPSA) is 112 Å². The maximum Gasteiger partial charge on any atom is 0.273 e. The number of nitrogens with one attached hydrogen (secondary N) is 1.